The molecule has 4 aromatic carbocycles. The predicted octanol–water partition coefficient (Wildman–Crippen LogP) is 6.51. The molecule has 0 saturated carbocycles. The first-order valence-electron chi connectivity index (χ1n) is 10.4. The number of benzene rings is 4. The molecule has 6 nitrogen and oxygen atoms in total. The summed E-state index contributed by atoms with van der Waals surface area (Å²) in [4.78, 5) is 39.6. The number of rotatable bonds is 3. The van der Waals surface area contributed by atoms with Crippen molar-refractivity contribution in [1.29, 1.82) is 0 Å². The maximum atomic E-state index is 13.0. The van der Waals surface area contributed by atoms with Crippen LogP contribution >= 0.6 is 27.5 Å². The number of carbonyl (C=O) groups is 3. The van der Waals surface area contributed by atoms with Crippen LogP contribution in [0, 0.1) is 0 Å². The van der Waals surface area contributed by atoms with Gasteiger partial charge in [0.2, 0.25) is 11.8 Å². The highest BCUT2D eigenvalue weighted by molar-refractivity contribution is 9.10. The van der Waals surface area contributed by atoms with Crippen LogP contribution in [0.4, 0.5) is 22.7 Å². The standard InChI is InChI=1S/C26H17BrClN3O3/c27-16-6-11-21(28)20(13-16)26(34)29-17-7-9-18(10-8-17)31-22-12-5-15-3-1-2-4-19(15)25(22)30-23(32)14-24(31)33/h1-13H,14H2,(H,29,34)(H,30,32). The van der Waals surface area contributed by atoms with Crippen LogP contribution in [0.15, 0.2) is 83.3 Å². The molecule has 0 aromatic heterocycles. The molecule has 0 spiro atoms. The van der Waals surface area contributed by atoms with E-state index in [0.29, 0.717) is 33.3 Å². The zero-order chi connectivity index (χ0) is 23.8. The number of nitrogens with zero attached hydrogens (tertiary/aromatic N) is 1. The number of anilines is 4. The van der Waals surface area contributed by atoms with E-state index >= 15 is 0 Å². The van der Waals surface area contributed by atoms with E-state index in [9.17, 15) is 14.4 Å². The molecule has 4 aromatic rings. The van der Waals surface area contributed by atoms with E-state index in [1.165, 1.54) is 4.90 Å². The highest BCUT2D eigenvalue weighted by atomic mass is 79.9. The van der Waals surface area contributed by atoms with Crippen molar-refractivity contribution in [3.63, 3.8) is 0 Å². The number of hydrogen-bond acceptors (Lipinski definition) is 3. The van der Waals surface area contributed by atoms with Gasteiger partial charge in [-0.3, -0.25) is 19.3 Å². The molecule has 0 aliphatic carbocycles. The van der Waals surface area contributed by atoms with Crippen molar-refractivity contribution in [2.24, 2.45) is 0 Å². The van der Waals surface area contributed by atoms with Crippen LogP contribution in [0.5, 0.6) is 0 Å². The molecule has 5 rings (SSSR count). The third-order valence-electron chi connectivity index (χ3n) is 5.53. The molecule has 8 heteroatoms. The first kappa shape index (κ1) is 22.1. The Kier molecular flexibility index (Phi) is 5.81. The van der Waals surface area contributed by atoms with Gasteiger partial charge in [-0.2, -0.15) is 0 Å². The summed E-state index contributed by atoms with van der Waals surface area (Å²) in [5.41, 5.74) is 2.65. The van der Waals surface area contributed by atoms with E-state index in [2.05, 4.69) is 26.6 Å². The average Bonchev–Trinajstić information content (AvgIpc) is 2.95. The molecule has 0 fully saturated rings. The molecule has 0 atom stereocenters. The summed E-state index contributed by atoms with van der Waals surface area (Å²) in [6.45, 7) is 0. The molecular formula is C26H17BrClN3O3. The normalized spacial score (nSPS) is 13.3. The lowest BCUT2D eigenvalue weighted by atomic mass is 10.1. The minimum Gasteiger partial charge on any atom is -0.323 e. The molecule has 0 unspecified atom stereocenters. The maximum absolute atomic E-state index is 13.0. The molecular weight excluding hydrogens is 518 g/mol. The van der Waals surface area contributed by atoms with Crippen molar-refractivity contribution in [2.75, 3.05) is 15.5 Å². The molecule has 1 aliphatic rings. The van der Waals surface area contributed by atoms with Crippen LogP contribution in [0.2, 0.25) is 5.02 Å². The van der Waals surface area contributed by atoms with Crippen molar-refractivity contribution in [3.8, 4) is 0 Å². The van der Waals surface area contributed by atoms with E-state index < -0.39 is 0 Å². The molecule has 2 N–H and O–H groups in total. The van der Waals surface area contributed by atoms with Gasteiger partial charge in [0.05, 0.1) is 22.0 Å². The molecule has 0 saturated heterocycles. The first-order chi connectivity index (χ1) is 16.4. The Morgan fingerprint density at radius 2 is 1.74 bits per heavy atom. The number of halogens is 2. The summed E-state index contributed by atoms with van der Waals surface area (Å²) in [5, 5.41) is 7.85. The van der Waals surface area contributed by atoms with E-state index in [4.69, 9.17) is 11.6 Å². The van der Waals surface area contributed by atoms with Gasteiger partial charge in [0.1, 0.15) is 6.42 Å². The van der Waals surface area contributed by atoms with E-state index in [1.807, 2.05) is 36.4 Å². The first-order valence-corrected chi connectivity index (χ1v) is 11.6. The van der Waals surface area contributed by atoms with Gasteiger partial charge in [-0.1, -0.05) is 57.9 Å². The van der Waals surface area contributed by atoms with Crippen LogP contribution in [0.3, 0.4) is 0 Å². The molecule has 1 aliphatic heterocycles. The number of carbonyl (C=O) groups excluding carboxylic acids is 3. The lowest BCUT2D eigenvalue weighted by molar-refractivity contribution is -0.124. The highest BCUT2D eigenvalue weighted by Gasteiger charge is 2.28. The highest BCUT2D eigenvalue weighted by Crippen LogP contribution is 2.40. The second-order valence-electron chi connectivity index (χ2n) is 7.76. The molecule has 168 valence electrons. The smallest absolute Gasteiger partial charge is 0.257 e. The predicted molar refractivity (Wildman–Crippen MR) is 138 cm³/mol. The maximum Gasteiger partial charge on any atom is 0.257 e. The summed E-state index contributed by atoms with van der Waals surface area (Å²) in [5.74, 6) is -1.05. The van der Waals surface area contributed by atoms with Crippen molar-refractivity contribution < 1.29 is 14.4 Å². The average molecular weight is 535 g/mol. The topological polar surface area (TPSA) is 78.5 Å². The summed E-state index contributed by atoms with van der Waals surface area (Å²) in [7, 11) is 0. The minimum absolute atomic E-state index is 0.275. The van der Waals surface area contributed by atoms with Gasteiger partial charge in [0, 0.05) is 21.2 Å². The van der Waals surface area contributed by atoms with Gasteiger partial charge >= 0.3 is 0 Å². The quantitative estimate of drug-likeness (QED) is 0.294. The molecule has 3 amide bonds. The van der Waals surface area contributed by atoms with Gasteiger partial charge < -0.3 is 10.6 Å². The van der Waals surface area contributed by atoms with Crippen LogP contribution < -0.4 is 15.5 Å². The fraction of sp³-hybridized carbons (Fsp3) is 0.0385. The second kappa shape index (κ2) is 8.93. The van der Waals surface area contributed by atoms with Gasteiger partial charge in [0.15, 0.2) is 0 Å². The fourth-order valence-electron chi connectivity index (χ4n) is 3.96. The Bertz CT molecular complexity index is 1470. The van der Waals surface area contributed by atoms with Crippen LogP contribution in [-0.4, -0.2) is 17.7 Å². The van der Waals surface area contributed by atoms with Gasteiger partial charge in [-0.05, 0) is 53.9 Å². The lowest BCUT2D eigenvalue weighted by Crippen LogP contribution is -2.26. The number of nitrogens with one attached hydrogen (secondary N) is 2. The van der Waals surface area contributed by atoms with Crippen molar-refractivity contribution >= 4 is 78.8 Å². The Hall–Kier alpha value is -3.68. The molecule has 34 heavy (non-hydrogen) atoms. The van der Waals surface area contributed by atoms with Gasteiger partial charge in [0.25, 0.3) is 5.91 Å². The zero-order valence-electron chi connectivity index (χ0n) is 17.6. The Labute approximate surface area is 208 Å². The van der Waals surface area contributed by atoms with E-state index in [-0.39, 0.29) is 24.1 Å². The summed E-state index contributed by atoms with van der Waals surface area (Å²) in [6, 6.07) is 23.3. The SMILES string of the molecule is O=C1CC(=O)N(c2ccc(NC(=O)c3cc(Br)ccc3Cl)cc2)c2ccc3ccccc3c2N1. The summed E-state index contributed by atoms with van der Waals surface area (Å²) in [6.07, 6.45) is -0.275. The number of hydrogen-bond donors (Lipinski definition) is 2. The number of fused-ring (bicyclic) bond motifs is 3. The molecule has 0 bridgehead atoms. The Balaban J connectivity index is 1.49. The number of amides is 3. The van der Waals surface area contributed by atoms with Crippen LogP contribution in [0.25, 0.3) is 10.8 Å². The monoisotopic (exact) mass is 533 g/mol. The Morgan fingerprint density at radius 1 is 0.971 bits per heavy atom. The van der Waals surface area contributed by atoms with Crippen LogP contribution in [-0.2, 0) is 9.59 Å². The minimum atomic E-state index is -0.361. The third kappa shape index (κ3) is 4.16. The summed E-state index contributed by atoms with van der Waals surface area (Å²) >= 11 is 9.50. The summed E-state index contributed by atoms with van der Waals surface area (Å²) < 4.78 is 0.742. The molecule has 1 heterocycles. The van der Waals surface area contributed by atoms with Crippen LogP contribution in [0.1, 0.15) is 16.8 Å². The van der Waals surface area contributed by atoms with Gasteiger partial charge in [-0.15, -0.1) is 0 Å². The van der Waals surface area contributed by atoms with Crippen molar-refractivity contribution in [1.82, 2.24) is 0 Å². The second-order valence-corrected chi connectivity index (χ2v) is 9.08. The fourth-order valence-corrected chi connectivity index (χ4v) is 4.52. The zero-order valence-corrected chi connectivity index (χ0v) is 20.0. The van der Waals surface area contributed by atoms with Crippen molar-refractivity contribution in [2.45, 2.75) is 6.42 Å². The van der Waals surface area contributed by atoms with E-state index in [0.717, 1.165) is 15.2 Å². The largest absolute Gasteiger partial charge is 0.323 e. The third-order valence-corrected chi connectivity index (χ3v) is 6.35. The lowest BCUT2D eigenvalue weighted by Gasteiger charge is -2.23. The Morgan fingerprint density at radius 3 is 2.53 bits per heavy atom. The van der Waals surface area contributed by atoms with E-state index in [1.54, 1.807) is 42.5 Å². The molecule has 0 radical (unpaired) electrons. The van der Waals surface area contributed by atoms with Gasteiger partial charge in [-0.25, -0.2) is 0 Å². The van der Waals surface area contributed by atoms with Crippen molar-refractivity contribution in [3.05, 3.63) is 93.9 Å².